The summed E-state index contributed by atoms with van der Waals surface area (Å²) in [5.74, 6) is 0.281. The smallest absolute Gasteiger partial charge is 0.242 e. The molecule has 0 aliphatic carbocycles. The molecule has 0 amide bonds. The Hall–Kier alpha value is -0.520. The van der Waals surface area contributed by atoms with E-state index >= 15 is 0 Å². The Morgan fingerprint density at radius 2 is 2.29 bits per heavy atom. The molecule has 0 saturated heterocycles. The van der Waals surface area contributed by atoms with E-state index < -0.39 is 10.0 Å². The Bertz CT molecular complexity index is 386. The fraction of sp³-hybridized carbons (Fsp3) is 0.500. The van der Waals surface area contributed by atoms with Crippen molar-refractivity contribution in [2.75, 3.05) is 6.54 Å². The van der Waals surface area contributed by atoms with Crippen LogP contribution in [-0.4, -0.2) is 19.9 Å². The lowest BCUT2D eigenvalue weighted by atomic mass is 10.5. The topological polar surface area (TPSA) is 62.0 Å². The summed E-state index contributed by atoms with van der Waals surface area (Å²) in [6, 6.07) is 1.53. The van der Waals surface area contributed by atoms with E-state index in [0.717, 1.165) is 6.42 Å². The van der Waals surface area contributed by atoms with Gasteiger partial charge in [0.05, 0.1) is 10.8 Å². The molecule has 0 aliphatic heterocycles. The average molecular weight is 237 g/mol. The summed E-state index contributed by atoms with van der Waals surface area (Å²) >= 11 is 5.55. The van der Waals surface area contributed by atoms with Crippen LogP contribution in [0.4, 0.5) is 0 Å². The number of hydrogen-bond donors (Lipinski definition) is 2. The molecule has 0 unspecified atom stereocenters. The van der Waals surface area contributed by atoms with Crippen LogP contribution in [0.3, 0.4) is 0 Å². The summed E-state index contributed by atoms with van der Waals surface area (Å²) in [5.41, 5.74) is 0.698. The molecule has 0 fully saturated rings. The Morgan fingerprint density at radius 1 is 1.57 bits per heavy atom. The maximum Gasteiger partial charge on any atom is 0.242 e. The number of aromatic nitrogens is 1. The minimum Gasteiger partial charge on any atom is -0.363 e. The van der Waals surface area contributed by atoms with Crippen LogP contribution < -0.4 is 4.72 Å². The van der Waals surface area contributed by atoms with Crippen LogP contribution in [0.2, 0.25) is 0 Å². The summed E-state index contributed by atoms with van der Waals surface area (Å²) in [6.07, 6.45) is 2.21. The van der Waals surface area contributed by atoms with Crippen LogP contribution in [0.15, 0.2) is 17.2 Å². The Morgan fingerprint density at radius 3 is 2.79 bits per heavy atom. The molecule has 0 saturated carbocycles. The first-order valence-corrected chi connectivity index (χ1v) is 6.35. The van der Waals surface area contributed by atoms with Crippen LogP contribution in [0, 0.1) is 0 Å². The SMILES string of the molecule is CCCNS(=O)(=O)c1c[nH]c(CCl)c1. The zero-order valence-electron chi connectivity index (χ0n) is 7.88. The van der Waals surface area contributed by atoms with Gasteiger partial charge in [-0.3, -0.25) is 0 Å². The highest BCUT2D eigenvalue weighted by molar-refractivity contribution is 7.89. The van der Waals surface area contributed by atoms with Crippen LogP contribution >= 0.6 is 11.6 Å². The van der Waals surface area contributed by atoms with Crippen LogP contribution in [0.5, 0.6) is 0 Å². The summed E-state index contributed by atoms with van der Waals surface area (Å²) in [4.78, 5) is 3.02. The average Bonchev–Trinajstić information content (AvgIpc) is 2.63. The zero-order valence-corrected chi connectivity index (χ0v) is 9.45. The van der Waals surface area contributed by atoms with Crippen molar-refractivity contribution in [1.82, 2.24) is 9.71 Å². The van der Waals surface area contributed by atoms with Crippen LogP contribution in [-0.2, 0) is 15.9 Å². The molecule has 6 heteroatoms. The second-order valence-corrected chi connectivity index (χ2v) is 4.93. The van der Waals surface area contributed by atoms with Gasteiger partial charge in [-0.25, -0.2) is 13.1 Å². The van der Waals surface area contributed by atoms with E-state index in [-0.39, 0.29) is 10.8 Å². The van der Waals surface area contributed by atoms with Gasteiger partial charge in [0.25, 0.3) is 0 Å². The molecule has 4 nitrogen and oxygen atoms in total. The number of H-pyrrole nitrogens is 1. The first-order chi connectivity index (χ1) is 6.60. The van der Waals surface area contributed by atoms with E-state index in [2.05, 4.69) is 9.71 Å². The lowest BCUT2D eigenvalue weighted by molar-refractivity contribution is 0.581. The largest absolute Gasteiger partial charge is 0.363 e. The van der Waals surface area contributed by atoms with Gasteiger partial charge in [0.2, 0.25) is 10.0 Å². The van der Waals surface area contributed by atoms with Crippen molar-refractivity contribution < 1.29 is 8.42 Å². The second kappa shape index (κ2) is 4.82. The highest BCUT2D eigenvalue weighted by atomic mass is 35.5. The van der Waals surface area contributed by atoms with Gasteiger partial charge in [0.1, 0.15) is 0 Å². The van der Waals surface area contributed by atoms with Gasteiger partial charge in [0, 0.05) is 18.4 Å². The molecule has 0 bridgehead atoms. The second-order valence-electron chi connectivity index (χ2n) is 2.89. The van der Waals surface area contributed by atoms with Gasteiger partial charge in [-0.2, -0.15) is 0 Å². The zero-order chi connectivity index (χ0) is 10.6. The minimum absolute atomic E-state index is 0.238. The first-order valence-electron chi connectivity index (χ1n) is 4.33. The Labute approximate surface area is 88.7 Å². The van der Waals surface area contributed by atoms with E-state index in [1.807, 2.05) is 6.92 Å². The van der Waals surface area contributed by atoms with Crippen molar-refractivity contribution in [3.8, 4) is 0 Å². The van der Waals surface area contributed by atoms with Gasteiger partial charge < -0.3 is 4.98 Å². The predicted molar refractivity (Wildman–Crippen MR) is 55.8 cm³/mol. The van der Waals surface area contributed by atoms with Crippen molar-refractivity contribution in [3.63, 3.8) is 0 Å². The van der Waals surface area contributed by atoms with Crippen molar-refractivity contribution in [3.05, 3.63) is 18.0 Å². The molecule has 0 aromatic carbocycles. The molecule has 1 heterocycles. The van der Waals surface area contributed by atoms with Crippen LogP contribution in [0.1, 0.15) is 19.0 Å². The molecule has 0 atom stereocenters. The predicted octanol–water partition coefficient (Wildman–Crippen LogP) is 1.44. The molecular formula is C8H13ClN2O2S. The molecule has 0 aliphatic rings. The molecule has 1 rings (SSSR count). The number of halogens is 1. The monoisotopic (exact) mass is 236 g/mol. The first kappa shape index (κ1) is 11.6. The summed E-state index contributed by atoms with van der Waals surface area (Å²) < 4.78 is 25.6. The maximum atomic E-state index is 11.5. The van der Waals surface area contributed by atoms with E-state index in [9.17, 15) is 8.42 Å². The summed E-state index contributed by atoms with van der Waals surface area (Å²) in [6.45, 7) is 2.35. The van der Waals surface area contributed by atoms with Gasteiger partial charge in [-0.1, -0.05) is 6.92 Å². The molecule has 2 N–H and O–H groups in total. The quantitative estimate of drug-likeness (QED) is 0.760. The maximum absolute atomic E-state index is 11.5. The number of aromatic amines is 1. The third-order valence-corrected chi connectivity index (χ3v) is 3.44. The van der Waals surface area contributed by atoms with E-state index in [1.165, 1.54) is 12.3 Å². The van der Waals surface area contributed by atoms with Gasteiger partial charge in [0.15, 0.2) is 0 Å². The van der Waals surface area contributed by atoms with Crippen molar-refractivity contribution in [2.24, 2.45) is 0 Å². The van der Waals surface area contributed by atoms with Gasteiger partial charge in [-0.15, -0.1) is 11.6 Å². The molecular weight excluding hydrogens is 224 g/mol. The summed E-state index contributed by atoms with van der Waals surface area (Å²) in [5, 5.41) is 0. The van der Waals surface area contributed by atoms with Gasteiger partial charge >= 0.3 is 0 Å². The molecule has 0 radical (unpaired) electrons. The Balaban J connectivity index is 2.81. The number of nitrogens with one attached hydrogen (secondary N) is 2. The van der Waals surface area contributed by atoms with Crippen LogP contribution in [0.25, 0.3) is 0 Å². The highest BCUT2D eigenvalue weighted by Gasteiger charge is 2.14. The molecule has 14 heavy (non-hydrogen) atoms. The van der Waals surface area contributed by atoms with Crippen molar-refractivity contribution in [1.29, 1.82) is 0 Å². The van der Waals surface area contributed by atoms with E-state index in [4.69, 9.17) is 11.6 Å². The summed E-state index contributed by atoms with van der Waals surface area (Å²) in [7, 11) is -3.35. The fourth-order valence-corrected chi connectivity index (χ4v) is 2.28. The molecule has 1 aromatic heterocycles. The lowest BCUT2D eigenvalue weighted by Crippen LogP contribution is -2.23. The van der Waals surface area contributed by atoms with Crippen molar-refractivity contribution in [2.45, 2.75) is 24.1 Å². The number of hydrogen-bond acceptors (Lipinski definition) is 2. The van der Waals surface area contributed by atoms with Crippen molar-refractivity contribution >= 4 is 21.6 Å². The molecule has 0 spiro atoms. The third-order valence-electron chi connectivity index (χ3n) is 1.71. The van der Waals surface area contributed by atoms with E-state index in [1.54, 1.807) is 0 Å². The normalized spacial score (nSPS) is 11.9. The minimum atomic E-state index is -3.35. The highest BCUT2D eigenvalue weighted by Crippen LogP contribution is 2.11. The molecule has 1 aromatic rings. The third kappa shape index (κ3) is 2.73. The molecule has 80 valence electrons. The number of sulfonamides is 1. The van der Waals surface area contributed by atoms with Gasteiger partial charge in [-0.05, 0) is 12.5 Å². The Kier molecular flexibility index (Phi) is 3.97. The fourth-order valence-electron chi connectivity index (χ4n) is 0.971. The number of alkyl halides is 1. The van der Waals surface area contributed by atoms with E-state index in [0.29, 0.717) is 12.2 Å². The lowest BCUT2D eigenvalue weighted by Gasteiger charge is -2.01. The number of rotatable bonds is 5. The standard InChI is InChI=1S/C8H13ClN2O2S/c1-2-3-11-14(12,13)8-4-7(5-9)10-6-8/h4,6,10-11H,2-3,5H2,1H3.